The highest BCUT2D eigenvalue weighted by molar-refractivity contribution is 5.58. The van der Waals surface area contributed by atoms with Gasteiger partial charge in [0.15, 0.2) is 0 Å². The van der Waals surface area contributed by atoms with E-state index in [9.17, 15) is 0 Å². The fourth-order valence-electron chi connectivity index (χ4n) is 3.06. The Hall–Kier alpha value is -1.96. The Morgan fingerprint density at radius 3 is 2.23 bits per heavy atom. The molecule has 0 atom stereocenters. The van der Waals surface area contributed by atoms with Crippen LogP contribution in [0.25, 0.3) is 0 Å². The summed E-state index contributed by atoms with van der Waals surface area (Å²) in [5, 5.41) is 0. The van der Waals surface area contributed by atoms with E-state index in [1.165, 1.54) is 22.4 Å². The molecule has 0 aliphatic carbocycles. The Labute approximate surface area is 133 Å². The van der Waals surface area contributed by atoms with Crippen LogP contribution >= 0.6 is 0 Å². The largest absolute Gasteiger partial charge is 0.457 e. The van der Waals surface area contributed by atoms with Crippen LogP contribution < -0.4 is 9.64 Å². The molecule has 22 heavy (non-hydrogen) atoms. The van der Waals surface area contributed by atoms with Gasteiger partial charge in [-0.3, -0.25) is 0 Å². The van der Waals surface area contributed by atoms with Crippen molar-refractivity contribution in [3.8, 4) is 11.5 Å². The first-order valence-electron chi connectivity index (χ1n) is 8.31. The number of anilines is 1. The first kappa shape index (κ1) is 15.0. The van der Waals surface area contributed by atoms with Crippen molar-refractivity contribution in [1.29, 1.82) is 0 Å². The van der Waals surface area contributed by atoms with Crippen LogP contribution in [0.15, 0.2) is 36.4 Å². The van der Waals surface area contributed by atoms with E-state index in [-0.39, 0.29) is 0 Å². The maximum absolute atomic E-state index is 6.22. The summed E-state index contributed by atoms with van der Waals surface area (Å²) in [6, 6.07) is 13.2. The predicted molar refractivity (Wildman–Crippen MR) is 93.4 cm³/mol. The molecule has 116 valence electrons. The van der Waals surface area contributed by atoms with Gasteiger partial charge in [0.25, 0.3) is 0 Å². The summed E-state index contributed by atoms with van der Waals surface area (Å²) in [4.78, 5) is 2.35. The van der Waals surface area contributed by atoms with Gasteiger partial charge in [0.05, 0.1) is 0 Å². The third-order valence-electron chi connectivity index (χ3n) is 4.54. The molecule has 0 saturated carbocycles. The minimum absolute atomic E-state index is 0.525. The van der Waals surface area contributed by atoms with Crippen molar-refractivity contribution in [2.24, 2.45) is 0 Å². The van der Waals surface area contributed by atoms with Crippen LogP contribution in [0.3, 0.4) is 0 Å². The molecule has 0 bridgehead atoms. The third kappa shape index (κ3) is 2.70. The molecule has 0 aromatic heterocycles. The lowest BCUT2D eigenvalue weighted by atomic mass is 9.95. The summed E-state index contributed by atoms with van der Waals surface area (Å²) in [6.07, 6.45) is 0.960. The molecule has 2 aromatic carbocycles. The Morgan fingerprint density at radius 2 is 1.59 bits per heavy atom. The number of rotatable bonds is 4. The molecule has 2 aromatic rings. The first-order valence-corrected chi connectivity index (χ1v) is 8.31. The lowest BCUT2D eigenvalue weighted by Gasteiger charge is -2.25. The van der Waals surface area contributed by atoms with Gasteiger partial charge in [-0.15, -0.1) is 0 Å². The van der Waals surface area contributed by atoms with Gasteiger partial charge in [0.2, 0.25) is 0 Å². The summed E-state index contributed by atoms with van der Waals surface area (Å²) in [6.45, 7) is 10.8. The number of nitrogens with zero attached hydrogens (tertiary/aromatic N) is 1. The molecule has 0 amide bonds. The van der Waals surface area contributed by atoms with Crippen LogP contribution in [0.1, 0.15) is 50.3 Å². The molecule has 0 N–H and O–H groups in total. The van der Waals surface area contributed by atoms with Crippen LogP contribution in [0.4, 0.5) is 5.69 Å². The molecular formula is C20H25NO. The molecule has 1 aliphatic heterocycles. The van der Waals surface area contributed by atoms with Crippen LogP contribution in [0, 0.1) is 0 Å². The zero-order valence-corrected chi connectivity index (χ0v) is 14.0. The van der Waals surface area contributed by atoms with Crippen molar-refractivity contribution < 1.29 is 4.74 Å². The van der Waals surface area contributed by atoms with Crippen molar-refractivity contribution in [2.45, 2.75) is 40.0 Å². The summed E-state index contributed by atoms with van der Waals surface area (Å²) in [7, 11) is 0. The minimum atomic E-state index is 0.525. The summed E-state index contributed by atoms with van der Waals surface area (Å²) >= 11 is 0. The predicted octanol–water partition coefficient (Wildman–Crippen LogP) is 5.35. The second-order valence-corrected chi connectivity index (χ2v) is 6.27. The monoisotopic (exact) mass is 295 g/mol. The van der Waals surface area contributed by atoms with Gasteiger partial charge in [-0.2, -0.15) is 0 Å². The fourth-order valence-corrected chi connectivity index (χ4v) is 3.06. The van der Waals surface area contributed by atoms with E-state index in [1.54, 1.807) is 0 Å². The summed E-state index contributed by atoms with van der Waals surface area (Å²) in [5.74, 6) is 2.56. The van der Waals surface area contributed by atoms with E-state index in [0.29, 0.717) is 5.92 Å². The minimum Gasteiger partial charge on any atom is -0.457 e. The molecule has 0 radical (unpaired) electrons. The first-order chi connectivity index (χ1) is 10.6. The van der Waals surface area contributed by atoms with E-state index in [2.05, 4.69) is 69.0 Å². The van der Waals surface area contributed by atoms with Crippen LogP contribution in [-0.4, -0.2) is 13.1 Å². The van der Waals surface area contributed by atoms with Gasteiger partial charge in [-0.1, -0.05) is 32.0 Å². The lowest BCUT2D eigenvalue weighted by Crippen LogP contribution is -2.21. The molecule has 3 rings (SSSR count). The van der Waals surface area contributed by atoms with Crippen molar-refractivity contribution >= 4 is 5.69 Å². The third-order valence-corrected chi connectivity index (χ3v) is 4.54. The zero-order valence-electron chi connectivity index (χ0n) is 14.0. The smallest absolute Gasteiger partial charge is 0.133 e. The molecular weight excluding hydrogens is 270 g/mol. The average molecular weight is 295 g/mol. The molecule has 1 aliphatic rings. The van der Waals surface area contributed by atoms with E-state index in [4.69, 9.17) is 4.74 Å². The van der Waals surface area contributed by atoms with Crippen molar-refractivity contribution in [3.63, 3.8) is 0 Å². The van der Waals surface area contributed by atoms with Gasteiger partial charge in [0.1, 0.15) is 11.5 Å². The fraction of sp³-hybridized carbons (Fsp3) is 0.400. The van der Waals surface area contributed by atoms with Gasteiger partial charge >= 0.3 is 0 Å². The molecule has 0 fully saturated rings. The molecule has 0 spiro atoms. The van der Waals surface area contributed by atoms with Gasteiger partial charge in [-0.25, -0.2) is 0 Å². The maximum atomic E-state index is 6.22. The quantitative estimate of drug-likeness (QED) is 0.643. The average Bonchev–Trinajstić information content (AvgIpc) is 2.53. The molecule has 2 nitrogen and oxygen atoms in total. The van der Waals surface area contributed by atoms with E-state index in [0.717, 1.165) is 31.0 Å². The lowest BCUT2D eigenvalue weighted by molar-refractivity contribution is 0.459. The number of hydrogen-bond acceptors (Lipinski definition) is 2. The molecule has 2 heteroatoms. The van der Waals surface area contributed by atoms with Crippen LogP contribution in [-0.2, 0) is 6.42 Å². The Kier molecular flexibility index (Phi) is 4.10. The Bertz CT molecular complexity index is 671. The normalized spacial score (nSPS) is 12.6. The summed E-state index contributed by atoms with van der Waals surface area (Å²) in [5.41, 5.74) is 5.14. The highest BCUT2D eigenvalue weighted by Crippen LogP contribution is 2.39. The molecule has 0 saturated heterocycles. The number of ether oxygens (including phenoxy) is 1. The second-order valence-electron chi connectivity index (χ2n) is 6.27. The molecule has 0 unspecified atom stereocenters. The van der Waals surface area contributed by atoms with Crippen molar-refractivity contribution in [3.05, 3.63) is 53.1 Å². The van der Waals surface area contributed by atoms with Crippen LogP contribution in [0.5, 0.6) is 11.5 Å². The van der Waals surface area contributed by atoms with Gasteiger partial charge in [-0.05, 0) is 48.6 Å². The highest BCUT2D eigenvalue weighted by Gasteiger charge is 2.19. The Morgan fingerprint density at radius 1 is 0.955 bits per heavy atom. The van der Waals surface area contributed by atoms with Crippen molar-refractivity contribution in [2.75, 3.05) is 18.0 Å². The SMILES string of the molecule is CCN(CC)c1ccc2c(c1)Oc1cc(C(C)C)ccc1C2. The van der Waals surface area contributed by atoms with E-state index in [1.807, 2.05) is 0 Å². The maximum Gasteiger partial charge on any atom is 0.133 e. The van der Waals surface area contributed by atoms with Crippen LogP contribution in [0.2, 0.25) is 0 Å². The Balaban J connectivity index is 1.94. The number of benzene rings is 2. The topological polar surface area (TPSA) is 12.5 Å². The standard InChI is InChI=1S/C20H25NO/c1-5-21(6-2)18-10-9-17-11-16-8-7-15(14(3)4)12-19(16)22-20(17)13-18/h7-10,12-14H,5-6,11H2,1-4H3. The summed E-state index contributed by atoms with van der Waals surface area (Å²) < 4.78 is 6.22. The number of hydrogen-bond donors (Lipinski definition) is 0. The highest BCUT2D eigenvalue weighted by atomic mass is 16.5. The van der Waals surface area contributed by atoms with Gasteiger partial charge in [0, 0.05) is 31.3 Å². The zero-order chi connectivity index (χ0) is 15.7. The molecule has 1 heterocycles. The van der Waals surface area contributed by atoms with Gasteiger partial charge < -0.3 is 9.64 Å². The van der Waals surface area contributed by atoms with Crippen molar-refractivity contribution in [1.82, 2.24) is 0 Å². The second kappa shape index (κ2) is 6.04. The van der Waals surface area contributed by atoms with E-state index >= 15 is 0 Å². The number of fused-ring (bicyclic) bond motifs is 2. The van der Waals surface area contributed by atoms with E-state index < -0.39 is 0 Å².